The van der Waals surface area contributed by atoms with Gasteiger partial charge in [0, 0.05) is 18.7 Å². The third-order valence-corrected chi connectivity index (χ3v) is 2.69. The fourth-order valence-electron chi connectivity index (χ4n) is 1.81. The first kappa shape index (κ1) is 15.5. The van der Waals surface area contributed by atoms with Crippen LogP contribution in [0.25, 0.3) is 0 Å². The van der Waals surface area contributed by atoms with Gasteiger partial charge in [0.05, 0.1) is 5.56 Å². The summed E-state index contributed by atoms with van der Waals surface area (Å²) >= 11 is 0. The highest BCUT2D eigenvalue weighted by molar-refractivity contribution is 5.94. The van der Waals surface area contributed by atoms with Crippen LogP contribution >= 0.6 is 0 Å². The number of nitrogens with zero attached hydrogens (tertiary/aromatic N) is 1. The minimum atomic E-state index is -4.43. The van der Waals surface area contributed by atoms with Crippen molar-refractivity contribution < 1.29 is 18.0 Å². The molecule has 1 amide bonds. The molecule has 0 unspecified atom stereocenters. The Morgan fingerprint density at radius 1 is 1.32 bits per heavy atom. The molecule has 0 saturated carbocycles. The van der Waals surface area contributed by atoms with Crippen molar-refractivity contribution in [1.29, 1.82) is 0 Å². The summed E-state index contributed by atoms with van der Waals surface area (Å²) in [5.74, 6) is -0.0861. The normalized spacial score (nSPS) is 11.7. The van der Waals surface area contributed by atoms with Crippen molar-refractivity contribution in [2.75, 3.05) is 13.1 Å². The van der Waals surface area contributed by atoms with Gasteiger partial charge in [-0.1, -0.05) is 19.9 Å². The van der Waals surface area contributed by atoms with Crippen LogP contribution in [0.1, 0.15) is 36.7 Å². The van der Waals surface area contributed by atoms with E-state index in [0.717, 1.165) is 12.1 Å². The van der Waals surface area contributed by atoms with Crippen LogP contribution in [0.3, 0.4) is 0 Å². The molecule has 1 aromatic carbocycles. The lowest BCUT2D eigenvalue weighted by molar-refractivity contribution is -0.137. The van der Waals surface area contributed by atoms with Crippen molar-refractivity contribution in [2.45, 2.75) is 26.9 Å². The van der Waals surface area contributed by atoms with Crippen LogP contribution in [0.15, 0.2) is 24.3 Å². The molecule has 0 aliphatic heterocycles. The molecule has 0 saturated heterocycles. The van der Waals surface area contributed by atoms with Crippen molar-refractivity contribution in [3.8, 4) is 0 Å². The van der Waals surface area contributed by atoms with Crippen molar-refractivity contribution in [1.82, 2.24) is 4.90 Å². The van der Waals surface area contributed by atoms with E-state index in [-0.39, 0.29) is 17.4 Å². The van der Waals surface area contributed by atoms with E-state index >= 15 is 0 Å². The van der Waals surface area contributed by atoms with Gasteiger partial charge in [-0.3, -0.25) is 4.79 Å². The first-order valence-electron chi connectivity index (χ1n) is 6.22. The van der Waals surface area contributed by atoms with Crippen LogP contribution in [0.2, 0.25) is 0 Å². The van der Waals surface area contributed by atoms with Gasteiger partial charge >= 0.3 is 6.18 Å². The summed E-state index contributed by atoms with van der Waals surface area (Å²) in [5, 5.41) is 0. The zero-order chi connectivity index (χ0) is 14.6. The molecule has 0 aromatic heterocycles. The molecule has 0 aliphatic carbocycles. The Hall–Kier alpha value is -1.52. The largest absolute Gasteiger partial charge is 0.416 e. The first-order chi connectivity index (χ1) is 8.75. The molecule has 0 atom stereocenters. The Morgan fingerprint density at radius 3 is 2.42 bits per heavy atom. The van der Waals surface area contributed by atoms with E-state index < -0.39 is 11.7 Å². The number of amides is 1. The molecule has 0 heterocycles. The van der Waals surface area contributed by atoms with Crippen LogP contribution in [0.4, 0.5) is 13.2 Å². The average Bonchev–Trinajstić information content (AvgIpc) is 2.34. The van der Waals surface area contributed by atoms with Crippen molar-refractivity contribution in [2.24, 2.45) is 5.92 Å². The maximum Gasteiger partial charge on any atom is 0.416 e. The molecule has 1 aromatic rings. The van der Waals surface area contributed by atoms with Crippen molar-refractivity contribution in [3.05, 3.63) is 35.4 Å². The molecule has 0 spiro atoms. The van der Waals surface area contributed by atoms with Crippen LogP contribution in [-0.2, 0) is 6.18 Å². The van der Waals surface area contributed by atoms with Crippen molar-refractivity contribution in [3.63, 3.8) is 0 Å². The molecule has 19 heavy (non-hydrogen) atoms. The smallest absolute Gasteiger partial charge is 0.339 e. The van der Waals surface area contributed by atoms with Crippen molar-refractivity contribution >= 4 is 5.91 Å². The van der Waals surface area contributed by atoms with E-state index in [1.807, 2.05) is 20.8 Å². The number of alkyl halides is 3. The van der Waals surface area contributed by atoms with E-state index in [2.05, 4.69) is 0 Å². The Labute approximate surface area is 111 Å². The van der Waals surface area contributed by atoms with Gasteiger partial charge in [-0.25, -0.2) is 0 Å². The third kappa shape index (κ3) is 4.26. The van der Waals surface area contributed by atoms with E-state index in [1.54, 1.807) is 4.90 Å². The predicted molar refractivity (Wildman–Crippen MR) is 67.9 cm³/mol. The fourth-order valence-corrected chi connectivity index (χ4v) is 1.81. The minimum Gasteiger partial charge on any atom is -0.339 e. The molecule has 2 nitrogen and oxygen atoms in total. The summed E-state index contributed by atoms with van der Waals surface area (Å²) in [6, 6.07) is 4.56. The molecule has 0 radical (unpaired) electrons. The number of benzene rings is 1. The Kier molecular flexibility index (Phi) is 4.97. The maximum absolute atomic E-state index is 12.6. The van der Waals surface area contributed by atoms with Gasteiger partial charge in [-0.15, -0.1) is 0 Å². The predicted octanol–water partition coefficient (Wildman–Crippen LogP) is 3.82. The molecule has 0 aliphatic rings. The quantitative estimate of drug-likeness (QED) is 0.816. The van der Waals surface area contributed by atoms with Gasteiger partial charge < -0.3 is 4.90 Å². The third-order valence-electron chi connectivity index (χ3n) is 2.69. The Morgan fingerprint density at radius 2 is 1.95 bits per heavy atom. The summed E-state index contributed by atoms with van der Waals surface area (Å²) in [5.41, 5.74) is -0.712. The number of halogens is 3. The van der Waals surface area contributed by atoms with E-state index in [1.165, 1.54) is 12.1 Å². The standard InChI is InChI=1S/C14H18F3NO/c1-4-18(9-10(2)3)13(19)11-6-5-7-12(8-11)14(15,16)17/h5-8,10H,4,9H2,1-3H3. The molecule has 5 heteroatoms. The highest BCUT2D eigenvalue weighted by atomic mass is 19.4. The molecule has 0 N–H and O–H groups in total. The van der Waals surface area contributed by atoms with Gasteiger partial charge in [-0.2, -0.15) is 13.2 Å². The van der Waals surface area contributed by atoms with Gasteiger partial charge in [0.2, 0.25) is 0 Å². The lowest BCUT2D eigenvalue weighted by Crippen LogP contribution is -2.34. The van der Waals surface area contributed by atoms with Gasteiger partial charge in [0.15, 0.2) is 0 Å². The lowest BCUT2D eigenvalue weighted by atomic mass is 10.1. The molecular weight excluding hydrogens is 255 g/mol. The number of hydrogen-bond acceptors (Lipinski definition) is 1. The van der Waals surface area contributed by atoms with Crippen LogP contribution in [0, 0.1) is 5.92 Å². The zero-order valence-electron chi connectivity index (χ0n) is 11.3. The monoisotopic (exact) mass is 273 g/mol. The molecular formula is C14H18F3NO. The number of carbonyl (C=O) groups is 1. The topological polar surface area (TPSA) is 20.3 Å². The minimum absolute atomic E-state index is 0.0809. The number of hydrogen-bond donors (Lipinski definition) is 0. The summed E-state index contributed by atoms with van der Waals surface area (Å²) in [6.45, 7) is 6.75. The molecule has 0 bridgehead atoms. The molecule has 106 valence electrons. The summed E-state index contributed by atoms with van der Waals surface area (Å²) in [4.78, 5) is 13.7. The molecule has 1 rings (SSSR count). The average molecular weight is 273 g/mol. The maximum atomic E-state index is 12.6. The summed E-state index contributed by atoms with van der Waals surface area (Å²) in [6.07, 6.45) is -4.43. The number of carbonyl (C=O) groups excluding carboxylic acids is 1. The second kappa shape index (κ2) is 6.08. The van der Waals surface area contributed by atoms with Gasteiger partial charge in [-0.05, 0) is 31.0 Å². The van der Waals surface area contributed by atoms with E-state index in [0.29, 0.717) is 13.1 Å². The Bertz CT molecular complexity index is 441. The van der Waals surface area contributed by atoms with Crippen LogP contribution in [-0.4, -0.2) is 23.9 Å². The second-order valence-electron chi connectivity index (χ2n) is 4.82. The zero-order valence-corrected chi connectivity index (χ0v) is 11.3. The summed E-state index contributed by atoms with van der Waals surface area (Å²) in [7, 11) is 0. The SMILES string of the molecule is CCN(CC(C)C)C(=O)c1cccc(C(F)(F)F)c1. The van der Waals surface area contributed by atoms with Gasteiger partial charge in [0.25, 0.3) is 5.91 Å². The Balaban J connectivity index is 2.99. The van der Waals surface area contributed by atoms with Gasteiger partial charge in [0.1, 0.15) is 0 Å². The second-order valence-corrected chi connectivity index (χ2v) is 4.82. The lowest BCUT2D eigenvalue weighted by Gasteiger charge is -2.23. The van der Waals surface area contributed by atoms with E-state index in [4.69, 9.17) is 0 Å². The first-order valence-corrected chi connectivity index (χ1v) is 6.22. The number of rotatable bonds is 4. The van der Waals surface area contributed by atoms with E-state index in [9.17, 15) is 18.0 Å². The van der Waals surface area contributed by atoms with Crippen LogP contribution < -0.4 is 0 Å². The fraction of sp³-hybridized carbons (Fsp3) is 0.500. The van der Waals surface area contributed by atoms with Crippen LogP contribution in [0.5, 0.6) is 0 Å². The highest BCUT2D eigenvalue weighted by Crippen LogP contribution is 2.29. The highest BCUT2D eigenvalue weighted by Gasteiger charge is 2.31. The summed E-state index contributed by atoms with van der Waals surface area (Å²) < 4.78 is 37.8. The molecule has 0 fully saturated rings.